The second kappa shape index (κ2) is 10.1. The quantitative estimate of drug-likeness (QED) is 0.621. The fourth-order valence-electron chi connectivity index (χ4n) is 0.808. The Hall–Kier alpha value is -0.417. The van der Waals surface area contributed by atoms with Crippen LogP contribution in [-0.2, 0) is 17.4 Å². The minimum atomic E-state index is -0.134. The fraction of sp³-hybridized carbons (Fsp3) is 0.364. The van der Waals surface area contributed by atoms with E-state index in [0.717, 1.165) is 0 Å². The van der Waals surface area contributed by atoms with Gasteiger partial charge < -0.3 is 22.7 Å². The third-order valence-electron chi connectivity index (χ3n) is 1.49. The first-order valence-corrected chi connectivity index (χ1v) is 8.42. The maximum absolute atomic E-state index is 9.99. The summed E-state index contributed by atoms with van der Waals surface area (Å²) in [5.74, 6) is 2.69. The topological polar surface area (TPSA) is 31.2 Å². The molecule has 0 aromatic heterocycles. The Kier molecular flexibility index (Phi) is 9.83. The van der Waals surface area contributed by atoms with Crippen molar-refractivity contribution in [2.75, 3.05) is 12.3 Å². The molecule has 15 heavy (non-hydrogen) atoms. The van der Waals surface area contributed by atoms with Crippen molar-refractivity contribution in [1.29, 1.82) is 0 Å². The zero-order valence-corrected chi connectivity index (χ0v) is 12.0. The van der Waals surface area contributed by atoms with Crippen molar-refractivity contribution in [1.82, 2.24) is 0 Å². The van der Waals surface area contributed by atoms with Gasteiger partial charge in [0.25, 0.3) is 0 Å². The Morgan fingerprint density at radius 1 is 1.40 bits per heavy atom. The first kappa shape index (κ1) is 14.6. The maximum atomic E-state index is 9.99. The van der Waals surface area contributed by atoms with E-state index in [-0.39, 0.29) is 21.3 Å². The molecule has 0 unspecified atom stereocenters. The van der Waals surface area contributed by atoms with Gasteiger partial charge in [-0.25, -0.2) is 0 Å². The molecule has 4 heteroatoms. The minimum absolute atomic E-state index is 0.134. The molecule has 0 aliphatic heterocycles. The van der Waals surface area contributed by atoms with Gasteiger partial charge in [-0.05, 0) is 6.92 Å². The van der Waals surface area contributed by atoms with Crippen LogP contribution >= 0.6 is 0 Å². The van der Waals surface area contributed by atoms with Gasteiger partial charge in [0, 0.05) is 5.91 Å². The Morgan fingerprint density at radius 2 is 2.00 bits per heavy atom. The van der Waals surface area contributed by atoms with Crippen LogP contribution < -0.4 is 4.40 Å². The van der Waals surface area contributed by atoms with E-state index in [1.807, 2.05) is 0 Å². The van der Waals surface area contributed by atoms with Crippen LogP contribution in [0, 0.1) is 0 Å². The predicted molar refractivity (Wildman–Crippen MR) is 68.8 cm³/mol. The van der Waals surface area contributed by atoms with Crippen molar-refractivity contribution >= 4 is 38.4 Å². The number of benzene rings is 1. The monoisotopic (exact) mass is 283 g/mol. The summed E-state index contributed by atoms with van der Waals surface area (Å²) in [4.78, 5) is 9.99. The number of carbonyl (C=O) groups excluding carboxylic acids is 1. The molecule has 2 nitrogen and oxygen atoms in total. The van der Waals surface area contributed by atoms with Gasteiger partial charge in [0.1, 0.15) is 0 Å². The first-order valence-electron chi connectivity index (χ1n) is 4.69. The second-order valence-electron chi connectivity index (χ2n) is 2.72. The molecule has 0 bridgehead atoms. The molecule has 0 aliphatic rings. The molecule has 0 spiro atoms. The summed E-state index contributed by atoms with van der Waals surface area (Å²) in [5.41, 5.74) is 0. The molecule has 0 saturated heterocycles. The van der Waals surface area contributed by atoms with Crippen molar-refractivity contribution in [3.05, 3.63) is 35.6 Å². The second-order valence-corrected chi connectivity index (χ2v) is 5.39. The van der Waals surface area contributed by atoms with Gasteiger partial charge in [-0.15, -0.1) is 0 Å². The van der Waals surface area contributed by atoms with Gasteiger partial charge in [-0.1, -0.05) is 0 Å². The molecule has 1 rings (SSSR count). The summed E-state index contributed by atoms with van der Waals surface area (Å²) in [6.45, 7) is 1.91. The van der Waals surface area contributed by atoms with E-state index < -0.39 is 0 Å². The molecule has 0 heterocycles. The number of nitrogens with zero attached hydrogens (tertiary/aromatic N) is 1. The Bertz CT molecular complexity index is 267. The van der Waals surface area contributed by atoms with Gasteiger partial charge in [0.15, 0.2) is 0 Å². The Morgan fingerprint density at radius 3 is 2.27 bits per heavy atom. The van der Waals surface area contributed by atoms with Crippen molar-refractivity contribution < 1.29 is 4.79 Å². The van der Waals surface area contributed by atoms with Crippen LogP contribution in [0.4, 0.5) is 0 Å². The van der Waals surface area contributed by atoms with Crippen molar-refractivity contribution in [3.8, 4) is 0 Å². The molecule has 0 saturated carbocycles. The summed E-state index contributed by atoms with van der Waals surface area (Å²) in [6, 6.07) is 10.6. The van der Waals surface area contributed by atoms with Gasteiger partial charge >= 0.3 is 55.9 Å². The zero-order valence-electron chi connectivity index (χ0n) is 9.06. The molecule has 2 radical (unpaired) electrons. The molecule has 82 valence electrons. The number of rotatable bonds is 3. The van der Waals surface area contributed by atoms with Gasteiger partial charge in [-0.2, -0.15) is 12.3 Å². The van der Waals surface area contributed by atoms with Crippen molar-refractivity contribution in [2.45, 2.75) is 12.7 Å². The molecule has 1 aromatic rings. The predicted octanol–water partition coefficient (Wildman–Crippen LogP) is 1.52. The number of hydrogen-bond acceptors (Lipinski definition) is 2. The van der Waals surface area contributed by atoms with E-state index in [1.54, 1.807) is 0 Å². The van der Waals surface area contributed by atoms with Crippen molar-refractivity contribution in [2.24, 2.45) is 0 Å². The first-order chi connectivity index (χ1) is 7.20. The van der Waals surface area contributed by atoms with E-state index in [9.17, 15) is 4.79 Å². The molecular formula is C11H15GeNOS-2. The van der Waals surface area contributed by atoms with Gasteiger partial charge in [0.2, 0.25) is 0 Å². The molecule has 0 fully saturated rings. The fourth-order valence-corrected chi connectivity index (χ4v) is 2.00. The number of hydrogen-bond donors (Lipinski definition) is 0. The Labute approximate surface area is 104 Å². The van der Waals surface area contributed by atoms with Crippen LogP contribution in [0.2, 0.25) is 5.76 Å². The molecule has 1 aromatic carbocycles. The van der Waals surface area contributed by atoms with Crippen LogP contribution in [0.25, 0.3) is 5.32 Å². The van der Waals surface area contributed by atoms with Crippen LogP contribution in [0.15, 0.2) is 30.3 Å². The van der Waals surface area contributed by atoms with Crippen LogP contribution in [0.5, 0.6) is 0 Å². The SMILES string of the molecule is CC(=O)[N-]CC[S-].[CH3][Ge][c]1ccccc1. The molecule has 0 aliphatic carbocycles. The molecule has 1 amide bonds. The van der Waals surface area contributed by atoms with Gasteiger partial charge in [-0.3, -0.25) is 0 Å². The van der Waals surface area contributed by atoms with Gasteiger partial charge in [0.05, 0.1) is 0 Å². The van der Waals surface area contributed by atoms with E-state index in [2.05, 4.69) is 54.0 Å². The third-order valence-corrected chi connectivity index (χ3v) is 3.58. The third kappa shape index (κ3) is 9.88. The normalized spacial score (nSPS) is 8.73. The summed E-state index contributed by atoms with van der Waals surface area (Å²) in [5, 5.41) is 3.50. The van der Waals surface area contributed by atoms with Crippen LogP contribution in [0.1, 0.15) is 6.92 Å². The van der Waals surface area contributed by atoms with E-state index >= 15 is 0 Å². The molecule has 0 N–H and O–H groups in total. The summed E-state index contributed by atoms with van der Waals surface area (Å²) in [7, 11) is 0. The summed E-state index contributed by atoms with van der Waals surface area (Å²) < 4.78 is 1.53. The molecular weight excluding hydrogens is 267 g/mol. The molecule has 0 atom stereocenters. The van der Waals surface area contributed by atoms with Crippen LogP contribution in [-0.4, -0.2) is 33.6 Å². The average Bonchev–Trinajstić information content (AvgIpc) is 2.28. The van der Waals surface area contributed by atoms with Crippen LogP contribution in [0.3, 0.4) is 0 Å². The number of amides is 1. The standard InChI is InChI=1S/C7H8Ge.C4H9NOS/c1-8-7-5-3-2-4-6-7;1-4(6)5-2-3-7/h2-6H,1H3;2-3H2,1H3,(H2,5,6,7)/p-2. The zero-order chi connectivity index (χ0) is 11.5. The summed E-state index contributed by atoms with van der Waals surface area (Å²) >= 11 is 4.72. The summed E-state index contributed by atoms with van der Waals surface area (Å²) in [6.07, 6.45) is 0. The van der Waals surface area contributed by atoms with Crippen molar-refractivity contribution in [3.63, 3.8) is 0 Å². The van der Waals surface area contributed by atoms with E-state index in [1.165, 1.54) is 11.3 Å². The Balaban J connectivity index is 0.000000265. The van der Waals surface area contributed by atoms with E-state index in [4.69, 9.17) is 0 Å². The van der Waals surface area contributed by atoms with E-state index in [0.29, 0.717) is 12.3 Å². The average molecular weight is 282 g/mol. The number of carbonyl (C=O) groups is 1.